The monoisotopic (exact) mass is 280 g/mol. The molecule has 1 N–H and O–H groups in total. The molecule has 1 fully saturated rings. The molecule has 0 aliphatic carbocycles. The molecule has 20 heavy (non-hydrogen) atoms. The Morgan fingerprint density at radius 3 is 2.80 bits per heavy atom. The topological polar surface area (TPSA) is 24.5 Å². The fraction of sp³-hybridized carbons (Fsp3) is 0.625. The lowest BCUT2D eigenvalue weighted by Crippen LogP contribution is -2.48. The van der Waals surface area contributed by atoms with Crippen molar-refractivity contribution < 1.29 is 9.13 Å². The van der Waals surface area contributed by atoms with Gasteiger partial charge in [0.1, 0.15) is 0 Å². The molecule has 1 aliphatic rings. The Morgan fingerprint density at radius 2 is 2.20 bits per heavy atom. The fourth-order valence-electron chi connectivity index (χ4n) is 2.90. The highest BCUT2D eigenvalue weighted by Gasteiger charge is 2.25. The summed E-state index contributed by atoms with van der Waals surface area (Å²) in [6, 6.07) is 5.85. The molecule has 1 aromatic carbocycles. The summed E-state index contributed by atoms with van der Waals surface area (Å²) in [7, 11) is 0. The van der Waals surface area contributed by atoms with Crippen LogP contribution in [0.3, 0.4) is 0 Å². The van der Waals surface area contributed by atoms with Gasteiger partial charge in [-0.3, -0.25) is 0 Å². The fourth-order valence-corrected chi connectivity index (χ4v) is 2.90. The van der Waals surface area contributed by atoms with E-state index in [-0.39, 0.29) is 5.82 Å². The number of anilines is 1. The van der Waals surface area contributed by atoms with Crippen molar-refractivity contribution in [3.05, 3.63) is 24.0 Å². The normalized spacial score (nSPS) is 22.9. The van der Waals surface area contributed by atoms with Crippen LogP contribution in [0.25, 0.3) is 0 Å². The van der Waals surface area contributed by atoms with E-state index in [4.69, 9.17) is 4.74 Å². The minimum absolute atomic E-state index is 0.272. The molecule has 1 heterocycles. The average Bonchev–Trinajstić information content (AvgIpc) is 2.44. The van der Waals surface area contributed by atoms with Crippen molar-refractivity contribution in [1.29, 1.82) is 0 Å². The molecular weight excluding hydrogens is 255 g/mol. The van der Waals surface area contributed by atoms with E-state index in [0.717, 1.165) is 31.7 Å². The van der Waals surface area contributed by atoms with Gasteiger partial charge in [-0.15, -0.1) is 0 Å². The van der Waals surface area contributed by atoms with E-state index in [1.54, 1.807) is 12.1 Å². The van der Waals surface area contributed by atoms with Gasteiger partial charge >= 0.3 is 0 Å². The molecule has 0 radical (unpaired) electrons. The molecule has 0 aromatic heterocycles. The minimum atomic E-state index is -0.272. The van der Waals surface area contributed by atoms with Gasteiger partial charge in [-0.05, 0) is 37.9 Å². The number of halogens is 1. The number of ether oxygens (including phenoxy) is 1. The maximum Gasteiger partial charge on any atom is 0.167 e. The summed E-state index contributed by atoms with van der Waals surface area (Å²) in [6.07, 6.45) is 1.10. The number of rotatable bonds is 5. The number of benzene rings is 1. The van der Waals surface area contributed by atoms with Gasteiger partial charge in [0.2, 0.25) is 0 Å². The zero-order chi connectivity index (χ0) is 14.5. The second-order valence-electron chi connectivity index (χ2n) is 5.42. The third-order valence-corrected chi connectivity index (χ3v) is 3.95. The summed E-state index contributed by atoms with van der Waals surface area (Å²) in [5, 5.41) is 3.52. The lowest BCUT2D eigenvalue weighted by Gasteiger charge is -2.38. The van der Waals surface area contributed by atoms with Crippen LogP contribution in [-0.4, -0.2) is 32.3 Å². The van der Waals surface area contributed by atoms with Crippen LogP contribution in [0.5, 0.6) is 5.75 Å². The molecule has 1 aliphatic heterocycles. The highest BCUT2D eigenvalue weighted by atomic mass is 19.1. The van der Waals surface area contributed by atoms with Crippen molar-refractivity contribution >= 4 is 5.69 Å². The number of hydrogen-bond donors (Lipinski definition) is 1. The smallest absolute Gasteiger partial charge is 0.167 e. The first kappa shape index (κ1) is 15.1. The van der Waals surface area contributed by atoms with Gasteiger partial charge in [-0.25, -0.2) is 4.39 Å². The lowest BCUT2D eigenvalue weighted by molar-refractivity contribution is 0.319. The van der Waals surface area contributed by atoms with Crippen molar-refractivity contribution in [2.45, 2.75) is 33.2 Å². The summed E-state index contributed by atoms with van der Waals surface area (Å²) in [5.74, 6) is 0.635. The second-order valence-corrected chi connectivity index (χ2v) is 5.42. The predicted octanol–water partition coefficient (Wildman–Crippen LogP) is 3.05. The zero-order valence-corrected chi connectivity index (χ0v) is 12.7. The van der Waals surface area contributed by atoms with E-state index in [9.17, 15) is 4.39 Å². The summed E-state index contributed by atoms with van der Waals surface area (Å²) >= 11 is 0. The van der Waals surface area contributed by atoms with Crippen LogP contribution in [-0.2, 0) is 0 Å². The van der Waals surface area contributed by atoms with Gasteiger partial charge in [-0.1, -0.05) is 13.8 Å². The molecule has 0 bridgehead atoms. The van der Waals surface area contributed by atoms with Crippen molar-refractivity contribution in [2.75, 3.05) is 31.1 Å². The molecule has 1 saturated heterocycles. The van der Waals surface area contributed by atoms with Gasteiger partial charge in [0.05, 0.1) is 6.61 Å². The van der Waals surface area contributed by atoms with Gasteiger partial charge in [-0.2, -0.15) is 0 Å². The standard InChI is InChI=1S/C16H25FN2O/c1-4-18-15-8-9-19(11-12(15)3)13-6-7-16(20-5-2)14(17)10-13/h6-7,10,12,15,18H,4-5,8-9,11H2,1-3H3. The molecule has 4 heteroatoms. The SMILES string of the molecule is CCNC1CCN(c2ccc(OCC)c(F)c2)CC1C. The molecule has 0 spiro atoms. The molecule has 0 saturated carbocycles. The van der Waals surface area contributed by atoms with E-state index in [1.165, 1.54) is 0 Å². The molecule has 2 unspecified atom stereocenters. The van der Waals surface area contributed by atoms with Crippen molar-refractivity contribution in [1.82, 2.24) is 5.32 Å². The maximum absolute atomic E-state index is 13.9. The number of hydrogen-bond acceptors (Lipinski definition) is 3. The highest BCUT2D eigenvalue weighted by Crippen LogP contribution is 2.27. The Morgan fingerprint density at radius 1 is 1.40 bits per heavy atom. The van der Waals surface area contributed by atoms with E-state index in [0.29, 0.717) is 24.3 Å². The third-order valence-electron chi connectivity index (χ3n) is 3.95. The van der Waals surface area contributed by atoms with E-state index < -0.39 is 0 Å². The van der Waals surface area contributed by atoms with Crippen molar-refractivity contribution in [3.8, 4) is 5.75 Å². The first-order valence-electron chi connectivity index (χ1n) is 7.56. The molecule has 112 valence electrons. The molecule has 0 amide bonds. The van der Waals surface area contributed by atoms with Crippen molar-refractivity contribution in [3.63, 3.8) is 0 Å². The number of nitrogens with one attached hydrogen (secondary N) is 1. The third kappa shape index (κ3) is 3.42. The second kappa shape index (κ2) is 6.93. The Labute approximate surface area is 121 Å². The Balaban J connectivity index is 2.04. The minimum Gasteiger partial charge on any atom is -0.491 e. The molecule has 2 rings (SSSR count). The summed E-state index contributed by atoms with van der Waals surface area (Å²) in [6.45, 7) is 9.68. The van der Waals surface area contributed by atoms with Crippen LogP contribution in [0.1, 0.15) is 27.2 Å². The first-order valence-corrected chi connectivity index (χ1v) is 7.56. The average molecular weight is 280 g/mol. The van der Waals surface area contributed by atoms with Gasteiger partial charge in [0, 0.05) is 30.9 Å². The quantitative estimate of drug-likeness (QED) is 0.897. The van der Waals surface area contributed by atoms with Gasteiger partial charge in [0.15, 0.2) is 11.6 Å². The molecule has 1 aromatic rings. The van der Waals surface area contributed by atoms with Crippen LogP contribution in [0, 0.1) is 11.7 Å². The summed E-state index contributed by atoms with van der Waals surface area (Å²) in [4.78, 5) is 2.26. The van der Waals surface area contributed by atoms with E-state index in [2.05, 4.69) is 24.1 Å². The van der Waals surface area contributed by atoms with E-state index >= 15 is 0 Å². The van der Waals surface area contributed by atoms with Crippen LogP contribution in [0.2, 0.25) is 0 Å². The van der Waals surface area contributed by atoms with Gasteiger partial charge < -0.3 is 15.0 Å². The highest BCUT2D eigenvalue weighted by molar-refractivity contribution is 5.50. The molecule has 3 nitrogen and oxygen atoms in total. The number of piperidine rings is 1. The van der Waals surface area contributed by atoms with Crippen LogP contribution < -0.4 is 15.0 Å². The largest absolute Gasteiger partial charge is 0.491 e. The molecule has 2 atom stereocenters. The first-order chi connectivity index (χ1) is 9.65. The maximum atomic E-state index is 13.9. The predicted molar refractivity (Wildman–Crippen MR) is 81.0 cm³/mol. The van der Waals surface area contributed by atoms with E-state index in [1.807, 2.05) is 13.0 Å². The number of nitrogens with zero attached hydrogens (tertiary/aromatic N) is 1. The Bertz CT molecular complexity index is 438. The van der Waals surface area contributed by atoms with Crippen molar-refractivity contribution in [2.24, 2.45) is 5.92 Å². The Hall–Kier alpha value is -1.29. The Kier molecular flexibility index (Phi) is 5.24. The summed E-state index contributed by atoms with van der Waals surface area (Å²) in [5.41, 5.74) is 0.952. The summed E-state index contributed by atoms with van der Waals surface area (Å²) < 4.78 is 19.2. The van der Waals surface area contributed by atoms with Gasteiger partial charge in [0.25, 0.3) is 0 Å². The van der Waals surface area contributed by atoms with Crippen LogP contribution >= 0.6 is 0 Å². The molecular formula is C16H25FN2O. The zero-order valence-electron chi connectivity index (χ0n) is 12.7. The van der Waals surface area contributed by atoms with Crippen LogP contribution in [0.15, 0.2) is 18.2 Å². The lowest BCUT2D eigenvalue weighted by atomic mass is 9.93. The van der Waals surface area contributed by atoms with Crippen LogP contribution in [0.4, 0.5) is 10.1 Å².